The van der Waals surface area contributed by atoms with Gasteiger partial charge < -0.3 is 18.8 Å². The first-order valence-electron chi connectivity index (χ1n) is 9.14. The lowest BCUT2D eigenvalue weighted by atomic mass is 10.1. The number of esters is 1. The molecule has 2 aromatic carbocycles. The van der Waals surface area contributed by atoms with Crippen LogP contribution in [0.4, 0.5) is 0 Å². The predicted octanol–water partition coefficient (Wildman–Crippen LogP) is 3.00. The van der Waals surface area contributed by atoms with E-state index in [0.717, 1.165) is 0 Å². The number of nitrogens with zero attached hydrogens (tertiary/aromatic N) is 1. The molecule has 0 atom stereocenters. The number of carbonyl (C=O) groups is 2. The summed E-state index contributed by atoms with van der Waals surface area (Å²) < 4.78 is 16.7. The monoisotopic (exact) mass is 407 g/mol. The van der Waals surface area contributed by atoms with E-state index < -0.39 is 17.3 Å². The summed E-state index contributed by atoms with van der Waals surface area (Å²) in [6.45, 7) is -0.215. The van der Waals surface area contributed by atoms with Crippen molar-refractivity contribution >= 4 is 28.7 Å². The van der Waals surface area contributed by atoms with Crippen LogP contribution in [0.25, 0.3) is 17.0 Å². The van der Waals surface area contributed by atoms with Crippen molar-refractivity contribution in [3.8, 4) is 11.5 Å². The maximum absolute atomic E-state index is 12.9. The number of benzene rings is 2. The second-order valence-corrected chi connectivity index (χ2v) is 6.42. The molecule has 0 aliphatic carbocycles. The molecule has 0 fully saturated rings. The summed E-state index contributed by atoms with van der Waals surface area (Å²) in [5.41, 5.74) is 0.876. The van der Waals surface area contributed by atoms with Crippen molar-refractivity contribution in [2.45, 2.75) is 0 Å². The first kappa shape index (κ1) is 20.9. The van der Waals surface area contributed by atoms with Gasteiger partial charge in [-0.2, -0.15) is 0 Å². The maximum Gasteiger partial charge on any atom is 0.343 e. The minimum atomic E-state index is -0.495. The lowest BCUT2D eigenvalue weighted by Gasteiger charge is -2.13. The molecular formula is C23H21NO6. The number of fused-ring (bicyclic) bond motifs is 1. The van der Waals surface area contributed by atoms with E-state index in [2.05, 4.69) is 4.74 Å². The first-order valence-corrected chi connectivity index (χ1v) is 9.14. The lowest BCUT2D eigenvalue weighted by Crippen LogP contribution is -2.25. The zero-order valence-electron chi connectivity index (χ0n) is 16.9. The number of ether oxygens (including phenoxy) is 3. The maximum atomic E-state index is 12.9. The molecule has 0 radical (unpaired) electrons. The van der Waals surface area contributed by atoms with Gasteiger partial charge in [0.25, 0.3) is 5.56 Å². The van der Waals surface area contributed by atoms with Crippen LogP contribution in [0.3, 0.4) is 0 Å². The summed E-state index contributed by atoms with van der Waals surface area (Å²) in [7, 11) is 4.33. The number of rotatable bonds is 7. The van der Waals surface area contributed by atoms with Gasteiger partial charge in [0.2, 0.25) is 0 Å². The van der Waals surface area contributed by atoms with Crippen molar-refractivity contribution in [2.24, 2.45) is 7.05 Å². The van der Waals surface area contributed by atoms with Crippen LogP contribution in [0.2, 0.25) is 0 Å². The highest BCUT2D eigenvalue weighted by Crippen LogP contribution is 2.27. The molecule has 0 aliphatic rings. The van der Waals surface area contributed by atoms with Crippen LogP contribution in [-0.2, 0) is 16.6 Å². The zero-order chi connectivity index (χ0) is 21.7. The Morgan fingerprint density at radius 3 is 2.57 bits per heavy atom. The van der Waals surface area contributed by atoms with Gasteiger partial charge in [-0.1, -0.05) is 30.3 Å². The van der Waals surface area contributed by atoms with Crippen molar-refractivity contribution < 1.29 is 23.8 Å². The molecule has 1 heterocycles. The molecule has 0 bridgehead atoms. The van der Waals surface area contributed by atoms with E-state index in [0.29, 0.717) is 22.2 Å². The number of carbonyl (C=O) groups excluding carboxylic acids is 2. The third-order valence-electron chi connectivity index (χ3n) is 4.58. The highest BCUT2D eigenvalue weighted by molar-refractivity contribution is 6.11. The van der Waals surface area contributed by atoms with E-state index in [9.17, 15) is 14.4 Å². The van der Waals surface area contributed by atoms with Crippen molar-refractivity contribution in [1.82, 2.24) is 4.57 Å². The Hall–Kier alpha value is -3.87. The topological polar surface area (TPSA) is 83.8 Å². The van der Waals surface area contributed by atoms with Crippen LogP contribution >= 0.6 is 0 Å². The molecule has 0 amide bonds. The minimum Gasteiger partial charge on any atom is -0.495 e. The van der Waals surface area contributed by atoms with Gasteiger partial charge in [0.1, 0.15) is 17.1 Å². The highest BCUT2D eigenvalue weighted by Gasteiger charge is 2.20. The fourth-order valence-corrected chi connectivity index (χ4v) is 3.06. The third-order valence-corrected chi connectivity index (χ3v) is 4.58. The molecule has 3 aromatic rings. The summed E-state index contributed by atoms with van der Waals surface area (Å²) in [6.07, 6.45) is 2.88. The molecule has 0 saturated heterocycles. The van der Waals surface area contributed by atoms with Gasteiger partial charge in [0, 0.05) is 12.4 Å². The average molecular weight is 407 g/mol. The number of ketones is 1. The lowest BCUT2D eigenvalue weighted by molar-refractivity contribution is -0.142. The van der Waals surface area contributed by atoms with E-state index >= 15 is 0 Å². The fourth-order valence-electron chi connectivity index (χ4n) is 3.06. The largest absolute Gasteiger partial charge is 0.495 e. The van der Waals surface area contributed by atoms with E-state index in [4.69, 9.17) is 9.47 Å². The molecule has 0 N–H and O–H groups in total. The Kier molecular flexibility index (Phi) is 6.32. The van der Waals surface area contributed by atoms with Crippen LogP contribution in [0.15, 0.2) is 59.4 Å². The zero-order valence-corrected chi connectivity index (χ0v) is 16.9. The van der Waals surface area contributed by atoms with Crippen molar-refractivity contribution in [3.05, 3.63) is 76.1 Å². The van der Waals surface area contributed by atoms with Gasteiger partial charge in [0.15, 0.2) is 12.4 Å². The van der Waals surface area contributed by atoms with Crippen LogP contribution in [0, 0.1) is 0 Å². The smallest absolute Gasteiger partial charge is 0.343 e. The van der Waals surface area contributed by atoms with Crippen molar-refractivity contribution in [1.29, 1.82) is 0 Å². The predicted molar refractivity (Wildman–Crippen MR) is 113 cm³/mol. The molecule has 3 rings (SSSR count). The Morgan fingerprint density at radius 1 is 1.07 bits per heavy atom. The fraction of sp³-hybridized carbons (Fsp3) is 0.174. The van der Waals surface area contributed by atoms with Gasteiger partial charge in [-0.25, -0.2) is 4.79 Å². The van der Waals surface area contributed by atoms with Crippen molar-refractivity contribution in [3.63, 3.8) is 0 Å². The Balaban J connectivity index is 1.92. The summed E-state index contributed by atoms with van der Waals surface area (Å²) in [5.74, 6) is -0.267. The first-order chi connectivity index (χ1) is 14.5. The second kappa shape index (κ2) is 9.09. The van der Waals surface area contributed by atoms with Gasteiger partial charge in [-0.3, -0.25) is 9.59 Å². The van der Waals surface area contributed by atoms with E-state index in [1.54, 1.807) is 49.5 Å². The SMILES string of the molecule is COC(=O)COc1cccc(/C=C/C(=O)c2c(OC)c3ccccc3n(C)c2=O)c1. The number of aromatic nitrogens is 1. The van der Waals surface area contributed by atoms with Gasteiger partial charge in [-0.15, -0.1) is 0 Å². The quantitative estimate of drug-likeness (QED) is 0.340. The molecule has 154 valence electrons. The molecule has 7 nitrogen and oxygen atoms in total. The van der Waals surface area contributed by atoms with Crippen LogP contribution in [0.1, 0.15) is 15.9 Å². The normalized spacial score (nSPS) is 10.9. The summed E-state index contributed by atoms with van der Waals surface area (Å²) >= 11 is 0. The number of para-hydroxylation sites is 1. The molecule has 1 aromatic heterocycles. The Bertz CT molecular complexity index is 1190. The highest BCUT2D eigenvalue weighted by atomic mass is 16.6. The average Bonchev–Trinajstić information content (AvgIpc) is 2.78. The van der Waals surface area contributed by atoms with Gasteiger partial charge in [0.05, 0.1) is 19.7 Å². The molecule has 0 unspecified atom stereocenters. The molecule has 7 heteroatoms. The third kappa shape index (κ3) is 4.25. The molecule has 30 heavy (non-hydrogen) atoms. The number of aryl methyl sites for hydroxylation is 1. The number of pyridine rings is 1. The molecule has 0 aliphatic heterocycles. The van der Waals surface area contributed by atoms with Crippen molar-refractivity contribution in [2.75, 3.05) is 20.8 Å². The van der Waals surface area contributed by atoms with Gasteiger partial charge >= 0.3 is 5.97 Å². The number of methoxy groups -OCH3 is 2. The minimum absolute atomic E-state index is 0.0342. The summed E-state index contributed by atoms with van der Waals surface area (Å²) in [4.78, 5) is 36.9. The van der Waals surface area contributed by atoms with E-state index in [1.165, 1.54) is 24.9 Å². The number of hydrogen-bond acceptors (Lipinski definition) is 6. The second-order valence-electron chi connectivity index (χ2n) is 6.42. The number of allylic oxidation sites excluding steroid dienone is 1. The molecule has 0 saturated carbocycles. The van der Waals surface area contributed by atoms with Crippen LogP contribution in [0.5, 0.6) is 11.5 Å². The van der Waals surface area contributed by atoms with Gasteiger partial charge in [-0.05, 0) is 35.9 Å². The molecular weight excluding hydrogens is 386 g/mol. The standard InChI is InChI=1S/C23H21NO6/c1-24-18-10-5-4-9-17(18)22(29-3)21(23(24)27)19(25)12-11-15-7-6-8-16(13-15)30-14-20(26)28-2/h4-13H,14H2,1-3H3/b12-11+. The summed E-state index contributed by atoms with van der Waals surface area (Å²) in [5, 5.41) is 0.678. The van der Waals surface area contributed by atoms with E-state index in [1.807, 2.05) is 12.1 Å². The Labute approximate surface area is 173 Å². The number of hydrogen-bond donors (Lipinski definition) is 0. The Morgan fingerprint density at radius 2 is 1.83 bits per heavy atom. The molecule has 0 spiro atoms. The van der Waals surface area contributed by atoms with Crippen LogP contribution in [-0.4, -0.2) is 37.1 Å². The summed E-state index contributed by atoms with van der Waals surface area (Å²) in [6, 6.07) is 14.1. The van der Waals surface area contributed by atoms with Crippen LogP contribution < -0.4 is 15.0 Å². The van der Waals surface area contributed by atoms with E-state index in [-0.39, 0.29) is 17.9 Å².